The van der Waals surface area contributed by atoms with Crippen LogP contribution < -0.4 is 5.32 Å². The van der Waals surface area contributed by atoms with Gasteiger partial charge in [-0.25, -0.2) is 9.78 Å². The number of likely N-dealkylation sites (tertiary alicyclic amines) is 1. The van der Waals surface area contributed by atoms with Crippen LogP contribution in [0, 0.1) is 11.3 Å². The molecule has 1 saturated heterocycles. The van der Waals surface area contributed by atoms with Gasteiger partial charge in [0.2, 0.25) is 0 Å². The number of hydrogen-bond donors (Lipinski definition) is 1. The molecule has 132 valence electrons. The number of pyridine rings is 1. The van der Waals surface area contributed by atoms with Crippen LogP contribution in [-0.2, 0) is 4.74 Å². The van der Waals surface area contributed by atoms with E-state index < -0.39 is 5.60 Å². The number of amides is 1. The quantitative estimate of drug-likeness (QED) is 0.878. The number of hydrogen-bond acceptors (Lipinski definition) is 6. The maximum absolute atomic E-state index is 12.3. The van der Waals surface area contributed by atoms with Gasteiger partial charge in [-0.15, -0.1) is 11.3 Å². The summed E-state index contributed by atoms with van der Waals surface area (Å²) in [5.41, 5.74) is 0.101. The molecule has 25 heavy (non-hydrogen) atoms. The third-order valence-electron chi connectivity index (χ3n) is 4.02. The molecule has 0 spiro atoms. The molecule has 1 amide bonds. The summed E-state index contributed by atoms with van der Waals surface area (Å²) in [4.78, 5) is 18.5. The molecular weight excluding hydrogens is 336 g/mol. The van der Waals surface area contributed by atoms with E-state index in [4.69, 9.17) is 4.74 Å². The average Bonchev–Trinajstić information content (AvgIpc) is 3.04. The molecule has 2 aromatic heterocycles. The van der Waals surface area contributed by atoms with E-state index in [9.17, 15) is 10.1 Å². The first-order valence-electron chi connectivity index (χ1n) is 8.38. The summed E-state index contributed by atoms with van der Waals surface area (Å²) in [5, 5.41) is 15.6. The van der Waals surface area contributed by atoms with Crippen LogP contribution in [-0.4, -0.2) is 40.7 Å². The number of nitrogens with one attached hydrogen (secondary N) is 1. The first-order chi connectivity index (χ1) is 11.9. The van der Waals surface area contributed by atoms with Crippen molar-refractivity contribution < 1.29 is 9.53 Å². The van der Waals surface area contributed by atoms with Gasteiger partial charge in [-0.2, -0.15) is 5.26 Å². The van der Waals surface area contributed by atoms with Crippen molar-refractivity contribution in [2.75, 3.05) is 18.4 Å². The molecule has 3 heterocycles. The number of anilines is 1. The van der Waals surface area contributed by atoms with E-state index in [-0.39, 0.29) is 12.1 Å². The van der Waals surface area contributed by atoms with E-state index in [1.807, 2.05) is 32.2 Å². The first-order valence-corrected chi connectivity index (χ1v) is 9.26. The monoisotopic (exact) mass is 358 g/mol. The van der Waals surface area contributed by atoms with Crippen LogP contribution in [0.15, 0.2) is 17.6 Å². The second kappa shape index (κ2) is 6.89. The maximum Gasteiger partial charge on any atom is 0.410 e. The van der Waals surface area contributed by atoms with E-state index in [2.05, 4.69) is 16.4 Å². The van der Waals surface area contributed by atoms with Gasteiger partial charge in [-0.3, -0.25) is 0 Å². The van der Waals surface area contributed by atoms with Crippen LogP contribution >= 0.6 is 11.3 Å². The zero-order chi connectivity index (χ0) is 18.0. The fourth-order valence-electron chi connectivity index (χ4n) is 2.94. The first kappa shape index (κ1) is 17.5. The lowest BCUT2D eigenvalue weighted by Crippen LogP contribution is -2.47. The molecular formula is C18H22N4O2S. The minimum Gasteiger partial charge on any atom is -0.444 e. The number of nitrogens with zero attached hydrogens (tertiary/aromatic N) is 3. The number of piperidine rings is 1. The van der Waals surface area contributed by atoms with Gasteiger partial charge >= 0.3 is 6.09 Å². The van der Waals surface area contributed by atoms with Crippen LogP contribution in [0.25, 0.3) is 10.1 Å². The summed E-state index contributed by atoms with van der Waals surface area (Å²) in [7, 11) is 0. The largest absolute Gasteiger partial charge is 0.444 e. The Morgan fingerprint density at radius 2 is 2.32 bits per heavy atom. The standard InChI is InChI=1S/C18H22N4O2S/c1-18(2,3)24-17(23)22-7-4-5-13(11-22)21-16-14-6-8-25-15(14)12(9-19)10-20-16/h6,8,10,13H,4-5,7,11H2,1-3H3,(H,20,21)/t13-/m0/s1. The molecule has 1 aliphatic heterocycles. The van der Waals surface area contributed by atoms with Crippen molar-refractivity contribution in [3.05, 3.63) is 23.2 Å². The fourth-order valence-corrected chi connectivity index (χ4v) is 3.79. The smallest absolute Gasteiger partial charge is 0.410 e. The number of carbonyl (C=O) groups is 1. The Balaban J connectivity index is 1.72. The highest BCUT2D eigenvalue weighted by Gasteiger charge is 2.28. The highest BCUT2D eigenvalue weighted by Crippen LogP contribution is 2.30. The third-order valence-corrected chi connectivity index (χ3v) is 4.97. The zero-order valence-electron chi connectivity index (χ0n) is 14.7. The number of carbonyl (C=O) groups excluding carboxylic acids is 1. The molecule has 0 unspecified atom stereocenters. The predicted molar refractivity (Wildman–Crippen MR) is 98.8 cm³/mol. The Hall–Kier alpha value is -2.33. The summed E-state index contributed by atoms with van der Waals surface area (Å²) >= 11 is 1.54. The van der Waals surface area contributed by atoms with Gasteiger partial charge in [0.15, 0.2) is 0 Å². The second-order valence-electron chi connectivity index (χ2n) is 7.21. The number of thiophene rings is 1. The summed E-state index contributed by atoms with van der Waals surface area (Å²) < 4.78 is 6.42. The molecule has 6 nitrogen and oxygen atoms in total. The summed E-state index contributed by atoms with van der Waals surface area (Å²) in [6.07, 6.45) is 3.22. The molecule has 1 N–H and O–H groups in total. The third kappa shape index (κ3) is 4.02. The Labute approximate surface area is 151 Å². The Kier molecular flexibility index (Phi) is 4.82. The lowest BCUT2D eigenvalue weighted by Gasteiger charge is -2.34. The van der Waals surface area contributed by atoms with E-state index in [0.29, 0.717) is 18.7 Å². The highest BCUT2D eigenvalue weighted by atomic mass is 32.1. The van der Waals surface area contributed by atoms with Crippen molar-refractivity contribution >= 4 is 33.3 Å². The Morgan fingerprint density at radius 1 is 1.52 bits per heavy atom. The lowest BCUT2D eigenvalue weighted by atomic mass is 10.1. The van der Waals surface area contributed by atoms with E-state index in [1.165, 1.54) is 11.3 Å². The average molecular weight is 358 g/mol. The van der Waals surface area contributed by atoms with Crippen LogP contribution in [0.2, 0.25) is 0 Å². The van der Waals surface area contributed by atoms with Gasteiger partial charge in [0.25, 0.3) is 0 Å². The second-order valence-corrected chi connectivity index (χ2v) is 8.12. The van der Waals surface area contributed by atoms with Crippen LogP contribution in [0.3, 0.4) is 0 Å². The molecule has 0 bridgehead atoms. The van der Waals surface area contributed by atoms with Crippen LogP contribution in [0.5, 0.6) is 0 Å². The SMILES string of the molecule is CC(C)(C)OC(=O)N1CCC[C@H](Nc2ncc(C#N)c3sccc23)C1. The normalized spacial score (nSPS) is 18.0. The van der Waals surface area contributed by atoms with E-state index in [1.54, 1.807) is 11.1 Å². The number of aromatic nitrogens is 1. The molecule has 0 saturated carbocycles. The number of ether oxygens (including phenoxy) is 1. The van der Waals surface area contributed by atoms with Crippen molar-refractivity contribution in [2.24, 2.45) is 0 Å². The van der Waals surface area contributed by atoms with Gasteiger partial charge in [0.05, 0.1) is 10.3 Å². The van der Waals surface area contributed by atoms with Crippen molar-refractivity contribution in [1.29, 1.82) is 5.26 Å². The van der Waals surface area contributed by atoms with Crippen molar-refractivity contribution in [3.8, 4) is 6.07 Å². The van der Waals surface area contributed by atoms with Crippen molar-refractivity contribution in [3.63, 3.8) is 0 Å². The highest BCUT2D eigenvalue weighted by molar-refractivity contribution is 7.17. The molecule has 0 aliphatic carbocycles. The van der Waals surface area contributed by atoms with Gasteiger partial charge < -0.3 is 15.0 Å². The van der Waals surface area contributed by atoms with E-state index in [0.717, 1.165) is 28.7 Å². The molecule has 7 heteroatoms. The topological polar surface area (TPSA) is 78.2 Å². The van der Waals surface area contributed by atoms with Crippen molar-refractivity contribution in [1.82, 2.24) is 9.88 Å². The van der Waals surface area contributed by atoms with Gasteiger partial charge in [-0.1, -0.05) is 0 Å². The molecule has 1 fully saturated rings. The number of fused-ring (bicyclic) bond motifs is 1. The molecule has 2 aromatic rings. The molecule has 0 aromatic carbocycles. The van der Waals surface area contributed by atoms with Crippen LogP contribution in [0.1, 0.15) is 39.2 Å². The van der Waals surface area contributed by atoms with Crippen LogP contribution in [0.4, 0.5) is 10.6 Å². The summed E-state index contributed by atoms with van der Waals surface area (Å²) in [6, 6.07) is 4.27. The zero-order valence-corrected chi connectivity index (χ0v) is 15.5. The van der Waals surface area contributed by atoms with Crippen molar-refractivity contribution in [2.45, 2.75) is 45.3 Å². The molecule has 1 aliphatic rings. The Bertz CT molecular complexity index is 819. The molecule has 1 atom stereocenters. The number of nitriles is 1. The minimum atomic E-state index is -0.491. The summed E-state index contributed by atoms with van der Waals surface area (Å²) in [5.74, 6) is 0.770. The number of rotatable bonds is 2. The lowest BCUT2D eigenvalue weighted by molar-refractivity contribution is 0.0206. The molecule has 0 radical (unpaired) electrons. The van der Waals surface area contributed by atoms with E-state index >= 15 is 0 Å². The van der Waals surface area contributed by atoms with Gasteiger partial charge in [-0.05, 0) is 45.1 Å². The van der Waals surface area contributed by atoms with Gasteiger partial charge in [0, 0.05) is 30.7 Å². The summed E-state index contributed by atoms with van der Waals surface area (Å²) in [6.45, 7) is 6.92. The van der Waals surface area contributed by atoms with Gasteiger partial charge in [0.1, 0.15) is 17.5 Å². The fraction of sp³-hybridized carbons (Fsp3) is 0.500. The Morgan fingerprint density at radius 3 is 3.04 bits per heavy atom. The predicted octanol–water partition coefficient (Wildman–Crippen LogP) is 3.98. The maximum atomic E-state index is 12.3. The molecule has 3 rings (SSSR count). The minimum absolute atomic E-state index is 0.116.